The van der Waals surface area contributed by atoms with Gasteiger partial charge in [-0.2, -0.15) is 0 Å². The lowest BCUT2D eigenvalue weighted by Gasteiger charge is -2.21. The van der Waals surface area contributed by atoms with E-state index in [9.17, 15) is 66.3 Å². The third-order valence-electron chi connectivity index (χ3n) is 12.3. The van der Waals surface area contributed by atoms with Crippen molar-refractivity contribution in [1.29, 1.82) is 0 Å². The van der Waals surface area contributed by atoms with E-state index in [0.717, 1.165) is 43.6 Å². The molecule has 33 heteroatoms. The van der Waals surface area contributed by atoms with Crippen LogP contribution in [0.1, 0.15) is 88.7 Å². The van der Waals surface area contributed by atoms with Gasteiger partial charge in [-0.25, -0.2) is 23.4 Å². The van der Waals surface area contributed by atoms with E-state index < -0.39 is 94.3 Å². The summed E-state index contributed by atoms with van der Waals surface area (Å²) >= 11 is 9.37. The number of nitrogens with zero attached hydrogens (tertiary/aromatic N) is 5. The molecule has 4 aliphatic rings. The molecule has 7 rings (SSSR count). The molecule has 0 unspecified atom stereocenters. The lowest BCUT2D eigenvalue weighted by atomic mass is 10.1. The van der Waals surface area contributed by atoms with Crippen molar-refractivity contribution in [2.24, 2.45) is 5.73 Å². The zero-order valence-corrected chi connectivity index (χ0v) is 54.0. The van der Waals surface area contributed by atoms with E-state index >= 15 is 0 Å². The van der Waals surface area contributed by atoms with Crippen molar-refractivity contribution >= 4 is 92.9 Å². The molecular weight excluding hydrogens is 1280 g/mol. The van der Waals surface area contributed by atoms with Gasteiger partial charge in [0, 0.05) is 51.0 Å². The van der Waals surface area contributed by atoms with Gasteiger partial charge in [-0.05, 0) is 78.3 Å². The average Bonchev–Trinajstić information content (AvgIpc) is 1.08. The smallest absolute Gasteiger partial charge is 0.408 e. The minimum Gasteiger partial charge on any atom is -0.471 e. The van der Waals surface area contributed by atoms with Crippen LogP contribution in [0.5, 0.6) is 5.88 Å². The molecule has 29 nitrogen and oxygen atoms in total. The van der Waals surface area contributed by atoms with E-state index in [2.05, 4.69) is 46.9 Å². The number of aryl methyl sites for hydroxylation is 1. The second-order valence-corrected chi connectivity index (χ2v) is 22.8. The predicted octanol–water partition coefficient (Wildman–Crippen LogP) is 2.51. The molecule has 0 spiro atoms. The minimum atomic E-state index is -1.02. The molecule has 496 valence electrons. The molecule has 4 atom stereocenters. The number of nitrogens with one attached hydrogen (secondary N) is 4. The Kier molecular flexibility index (Phi) is 30.6. The average molecular weight is 1360 g/mol. The van der Waals surface area contributed by atoms with Gasteiger partial charge in [-0.3, -0.25) is 72.5 Å². The number of nitrogens with two attached hydrogens (primary N) is 1. The minimum absolute atomic E-state index is 0.0297. The molecular formula is C57H76BrClF2N10O19. The van der Waals surface area contributed by atoms with Crippen molar-refractivity contribution < 1.29 is 94.7 Å². The maximum Gasteiger partial charge on any atom is 0.408 e. The molecule has 5 heterocycles. The molecule has 0 radical (unpaired) electrons. The van der Waals surface area contributed by atoms with Gasteiger partial charge < -0.3 is 54.8 Å². The van der Waals surface area contributed by atoms with Crippen LogP contribution in [0.3, 0.4) is 0 Å². The number of imide groups is 4. The maximum atomic E-state index is 13.9. The van der Waals surface area contributed by atoms with Gasteiger partial charge in [0.15, 0.2) is 5.02 Å². The Morgan fingerprint density at radius 3 is 1.60 bits per heavy atom. The summed E-state index contributed by atoms with van der Waals surface area (Å²) in [4.78, 5) is 148. The normalized spacial score (nSPS) is 17.9. The highest BCUT2D eigenvalue weighted by atomic mass is 79.9. The molecule has 90 heavy (non-hydrogen) atoms. The van der Waals surface area contributed by atoms with Crippen LogP contribution < -0.4 is 37.3 Å². The lowest BCUT2D eigenvalue weighted by molar-refractivity contribution is -0.141. The van der Waals surface area contributed by atoms with Gasteiger partial charge in [0.05, 0.1) is 83.5 Å². The van der Waals surface area contributed by atoms with Crippen molar-refractivity contribution in [1.82, 2.24) is 45.5 Å². The van der Waals surface area contributed by atoms with Crippen LogP contribution in [-0.4, -0.2) is 205 Å². The Bertz CT molecular complexity index is 3140. The van der Waals surface area contributed by atoms with Gasteiger partial charge >= 0.3 is 12.2 Å². The number of hydrogen-bond acceptors (Lipinski definition) is 21. The Balaban J connectivity index is 0.000000343. The summed E-state index contributed by atoms with van der Waals surface area (Å²) in [6.07, 6.45) is -0.372. The molecule has 0 saturated carbocycles. The van der Waals surface area contributed by atoms with Crippen molar-refractivity contribution in [2.75, 3.05) is 79.8 Å². The fourth-order valence-corrected chi connectivity index (χ4v) is 8.44. The number of ether oxygens (including phenoxy) is 7. The number of aromatic nitrogens is 2. The van der Waals surface area contributed by atoms with Crippen LogP contribution in [-0.2, 0) is 73.4 Å². The maximum absolute atomic E-state index is 13.9. The first kappa shape index (κ1) is 76.4. The second kappa shape index (κ2) is 36.1. The highest BCUT2D eigenvalue weighted by molar-refractivity contribution is 9.09. The summed E-state index contributed by atoms with van der Waals surface area (Å²) in [7, 11) is 6.14. The van der Waals surface area contributed by atoms with E-state index in [1.54, 1.807) is 61.6 Å². The number of hydrogen-bond donors (Lipinski definition) is 5. The number of alkyl carbamates (subject to hydrolysis) is 2. The summed E-state index contributed by atoms with van der Waals surface area (Å²) in [5.74, 6) is -5.50. The number of amides is 11. The lowest BCUT2D eigenvalue weighted by Crippen LogP contribution is -2.44. The van der Waals surface area contributed by atoms with Gasteiger partial charge in [0.2, 0.25) is 41.3 Å². The molecule has 11 amide bonds. The quantitative estimate of drug-likeness (QED) is 0.0850. The molecule has 2 aromatic carbocycles. The number of carbonyl (C=O) groups is 11. The molecule has 0 bridgehead atoms. The highest BCUT2D eigenvalue weighted by Crippen LogP contribution is 2.23. The zero-order valence-electron chi connectivity index (χ0n) is 51.6. The van der Waals surface area contributed by atoms with E-state index in [-0.39, 0.29) is 110 Å². The summed E-state index contributed by atoms with van der Waals surface area (Å²) in [5.41, 5.74) is 4.45. The Morgan fingerprint density at radius 1 is 0.678 bits per heavy atom. The number of rotatable bonds is 19. The van der Waals surface area contributed by atoms with E-state index in [1.165, 1.54) is 39.5 Å². The SMILES string of the molecule is CC(C)(C)OC(=O)N[C@H]1CC(=O)NC1=O.COCCBr.COCCN1C(=O)C[C@H](N)C1=O.COCCN1C(=O)C[C@H](NC(=O)OC(C)(C)C)C1=O.COCCN1C(=O)C[C@H](NC(=O)c2ccc(C)c(-n3cnc(OCc4ccc(F)cc4F)c(Cl)c3=O)c2)C1=O. The van der Waals surface area contributed by atoms with Crippen LogP contribution in [0.25, 0.3) is 5.69 Å². The summed E-state index contributed by atoms with van der Waals surface area (Å²) in [5, 5.41) is 9.92. The van der Waals surface area contributed by atoms with E-state index in [1.807, 2.05) is 0 Å². The number of methoxy groups -OCH3 is 4. The summed E-state index contributed by atoms with van der Waals surface area (Å²) < 4.78 is 62.6. The van der Waals surface area contributed by atoms with Crippen LogP contribution >= 0.6 is 27.5 Å². The highest BCUT2D eigenvalue weighted by Gasteiger charge is 2.41. The van der Waals surface area contributed by atoms with Crippen molar-refractivity contribution in [3.8, 4) is 11.6 Å². The topological polar surface area (TPSA) is 371 Å². The third kappa shape index (κ3) is 24.1. The fourth-order valence-electron chi connectivity index (χ4n) is 7.93. The Morgan fingerprint density at radius 2 is 1.17 bits per heavy atom. The first-order chi connectivity index (χ1) is 42.2. The van der Waals surface area contributed by atoms with Gasteiger partial charge in [-0.15, -0.1) is 0 Å². The third-order valence-corrected chi connectivity index (χ3v) is 12.9. The van der Waals surface area contributed by atoms with Crippen molar-refractivity contribution in [3.63, 3.8) is 0 Å². The molecule has 0 aliphatic carbocycles. The summed E-state index contributed by atoms with van der Waals surface area (Å²) in [6.45, 7) is 13.9. The number of halogens is 4. The molecule has 4 fully saturated rings. The molecule has 1 aromatic heterocycles. The Hall–Kier alpha value is -7.88. The fraction of sp³-hybridized carbons (Fsp3) is 0.526. The number of alkyl halides is 1. The zero-order chi connectivity index (χ0) is 67.8. The van der Waals surface area contributed by atoms with Crippen LogP contribution in [0.4, 0.5) is 18.4 Å². The number of benzene rings is 2. The van der Waals surface area contributed by atoms with E-state index in [0.29, 0.717) is 24.8 Å². The van der Waals surface area contributed by atoms with Gasteiger partial charge in [0.1, 0.15) is 53.9 Å². The summed E-state index contributed by atoms with van der Waals surface area (Å²) in [6, 6.07) is 4.17. The standard InChI is InChI=1S/C26H23ClF2N4O6.C12H20N2O5.C9H14N2O4.C7H12N2O3.C3H7BrO/c1-14-3-4-15(23(35)31-19-11-21(34)32(25(19)36)7-8-38-2)9-20(14)33-13-30-24(22(27)26(33)37)39-12-16-5-6-17(28)10-18(16)29;1-12(2,3)19-11(17)13-8-7-9(15)14(10(8)16)5-6-18-4;1-9(2,3)15-8(14)10-5-4-6(12)11-7(5)13;1-12-3-2-9-6(10)4-5(8)7(9)11;1-5-3-2-4/h3-6,9-10,13,19H,7-8,11-12H2,1-2H3,(H,31,35);8H,5-7H2,1-4H3,(H,13,17);5H,4H2,1-3H3,(H,10,14)(H,11,12,13);5H,2-4,8H2,1H3;2-3H2,1H3/t19-;8-;2*5-;/m0000./s1. The van der Waals surface area contributed by atoms with Crippen LogP contribution in [0.2, 0.25) is 5.02 Å². The number of carbonyl (C=O) groups excluding carboxylic acids is 11. The van der Waals surface area contributed by atoms with Crippen molar-refractivity contribution in [3.05, 3.63) is 86.4 Å². The molecule has 4 saturated heterocycles. The van der Waals surface area contributed by atoms with E-state index in [4.69, 9.17) is 45.8 Å². The molecule has 6 N–H and O–H groups in total. The van der Waals surface area contributed by atoms with Crippen molar-refractivity contribution in [2.45, 2.75) is 116 Å². The second-order valence-electron chi connectivity index (χ2n) is 21.6. The van der Waals surface area contributed by atoms with Crippen LogP contribution in [0, 0.1) is 18.6 Å². The predicted molar refractivity (Wildman–Crippen MR) is 319 cm³/mol. The first-order valence-electron chi connectivity index (χ1n) is 27.6. The largest absolute Gasteiger partial charge is 0.471 e. The van der Waals surface area contributed by atoms with Gasteiger partial charge in [-0.1, -0.05) is 33.6 Å². The molecule has 4 aliphatic heterocycles. The first-order valence-corrected chi connectivity index (χ1v) is 29.1. The van der Waals surface area contributed by atoms with Crippen LogP contribution in [0.15, 0.2) is 47.5 Å². The van der Waals surface area contributed by atoms with Gasteiger partial charge in [0.25, 0.3) is 23.3 Å². The molecule has 3 aromatic rings. The number of likely N-dealkylation sites (tertiary alicyclic amines) is 3. The Labute approximate surface area is 530 Å². The monoisotopic (exact) mass is 1360 g/mol.